The topological polar surface area (TPSA) is 94.1 Å². The van der Waals surface area contributed by atoms with Crippen molar-refractivity contribution in [2.75, 3.05) is 18.5 Å². The first-order chi connectivity index (χ1) is 12.4. The van der Waals surface area contributed by atoms with Gasteiger partial charge in [0.05, 0.1) is 13.2 Å². The van der Waals surface area contributed by atoms with Gasteiger partial charge in [-0.2, -0.15) is 4.98 Å². The SMILES string of the molecule is Cn1c(=O)c2c(nc(NCCO)n2Cc2cccc(F)c2F)n(C)c1=O. The van der Waals surface area contributed by atoms with Crippen molar-refractivity contribution in [3.05, 3.63) is 56.2 Å². The minimum absolute atomic E-state index is 0.0206. The molecule has 0 aliphatic carbocycles. The Morgan fingerprint density at radius 1 is 1.19 bits per heavy atom. The van der Waals surface area contributed by atoms with Gasteiger partial charge in [0, 0.05) is 26.2 Å². The molecule has 0 radical (unpaired) electrons. The lowest BCUT2D eigenvalue weighted by Crippen LogP contribution is -2.37. The van der Waals surface area contributed by atoms with Gasteiger partial charge < -0.3 is 10.4 Å². The third-order valence-corrected chi connectivity index (χ3v) is 4.10. The van der Waals surface area contributed by atoms with Gasteiger partial charge in [-0.25, -0.2) is 13.6 Å². The van der Waals surface area contributed by atoms with Crippen LogP contribution >= 0.6 is 0 Å². The molecule has 0 bridgehead atoms. The van der Waals surface area contributed by atoms with E-state index >= 15 is 0 Å². The van der Waals surface area contributed by atoms with E-state index in [1.54, 1.807) is 0 Å². The lowest BCUT2D eigenvalue weighted by atomic mass is 10.2. The van der Waals surface area contributed by atoms with Crippen molar-refractivity contribution in [2.45, 2.75) is 6.54 Å². The molecule has 8 nitrogen and oxygen atoms in total. The molecule has 0 saturated heterocycles. The third kappa shape index (κ3) is 2.77. The number of aliphatic hydroxyl groups excluding tert-OH is 1. The summed E-state index contributed by atoms with van der Waals surface area (Å²) in [6.45, 7) is -0.251. The van der Waals surface area contributed by atoms with Crippen LogP contribution in [0.5, 0.6) is 0 Å². The molecule has 0 atom stereocenters. The van der Waals surface area contributed by atoms with Crippen LogP contribution in [-0.4, -0.2) is 36.9 Å². The summed E-state index contributed by atoms with van der Waals surface area (Å²) in [7, 11) is 2.78. The summed E-state index contributed by atoms with van der Waals surface area (Å²) < 4.78 is 31.1. The van der Waals surface area contributed by atoms with Gasteiger partial charge in [-0.15, -0.1) is 0 Å². The number of anilines is 1. The molecular formula is C16H17F2N5O3. The Kier molecular flexibility index (Phi) is 4.60. The largest absolute Gasteiger partial charge is 0.395 e. The monoisotopic (exact) mass is 365 g/mol. The number of fused-ring (bicyclic) bond motifs is 1. The number of nitrogens with zero attached hydrogens (tertiary/aromatic N) is 4. The van der Waals surface area contributed by atoms with Gasteiger partial charge in [0.1, 0.15) is 0 Å². The molecular weight excluding hydrogens is 348 g/mol. The van der Waals surface area contributed by atoms with Crippen LogP contribution < -0.4 is 16.6 Å². The number of nitrogens with one attached hydrogen (secondary N) is 1. The Morgan fingerprint density at radius 3 is 2.62 bits per heavy atom. The number of aromatic nitrogens is 4. The molecule has 0 amide bonds. The summed E-state index contributed by atoms with van der Waals surface area (Å²) in [4.78, 5) is 28.9. The molecule has 0 aliphatic heterocycles. The number of aliphatic hydroxyl groups is 1. The maximum Gasteiger partial charge on any atom is 0.332 e. The molecule has 1 aromatic carbocycles. The summed E-state index contributed by atoms with van der Waals surface area (Å²) >= 11 is 0. The molecule has 0 spiro atoms. The van der Waals surface area contributed by atoms with Crippen molar-refractivity contribution in [3.63, 3.8) is 0 Å². The van der Waals surface area contributed by atoms with Gasteiger partial charge in [-0.1, -0.05) is 12.1 Å². The number of hydrogen-bond donors (Lipinski definition) is 2. The minimum atomic E-state index is -1.02. The molecule has 26 heavy (non-hydrogen) atoms. The number of hydrogen-bond acceptors (Lipinski definition) is 5. The first-order valence-electron chi connectivity index (χ1n) is 7.80. The third-order valence-electron chi connectivity index (χ3n) is 4.10. The molecule has 0 fully saturated rings. The summed E-state index contributed by atoms with van der Waals surface area (Å²) in [5.41, 5.74) is -0.969. The van der Waals surface area contributed by atoms with Crippen LogP contribution in [0.1, 0.15) is 5.56 Å². The van der Waals surface area contributed by atoms with Gasteiger partial charge in [0.25, 0.3) is 5.56 Å². The average Bonchev–Trinajstić information content (AvgIpc) is 2.98. The number of halogens is 2. The summed E-state index contributed by atoms with van der Waals surface area (Å²) in [6, 6.07) is 3.76. The predicted molar refractivity (Wildman–Crippen MR) is 91.3 cm³/mol. The van der Waals surface area contributed by atoms with E-state index in [0.29, 0.717) is 0 Å². The number of aryl methyl sites for hydroxylation is 1. The van der Waals surface area contributed by atoms with Crippen LogP contribution in [0.3, 0.4) is 0 Å². The first kappa shape index (κ1) is 17.8. The Bertz CT molecular complexity index is 1100. The Balaban J connectivity index is 2.29. The maximum absolute atomic E-state index is 14.1. The Hall–Kier alpha value is -3.01. The highest BCUT2D eigenvalue weighted by Gasteiger charge is 2.20. The highest BCUT2D eigenvalue weighted by atomic mass is 19.2. The summed E-state index contributed by atoms with van der Waals surface area (Å²) in [5.74, 6) is -1.86. The molecule has 3 rings (SSSR count). The molecule has 0 unspecified atom stereocenters. The van der Waals surface area contributed by atoms with E-state index < -0.39 is 22.9 Å². The van der Waals surface area contributed by atoms with E-state index in [9.17, 15) is 18.4 Å². The van der Waals surface area contributed by atoms with E-state index in [-0.39, 0.29) is 42.4 Å². The van der Waals surface area contributed by atoms with Crippen molar-refractivity contribution in [3.8, 4) is 0 Å². The van der Waals surface area contributed by atoms with Gasteiger partial charge in [0.15, 0.2) is 22.8 Å². The molecule has 0 aliphatic rings. The fourth-order valence-electron chi connectivity index (χ4n) is 2.74. The minimum Gasteiger partial charge on any atom is -0.395 e. The fraction of sp³-hybridized carbons (Fsp3) is 0.312. The zero-order valence-corrected chi connectivity index (χ0v) is 14.2. The van der Waals surface area contributed by atoms with Crippen LogP contribution in [-0.2, 0) is 20.6 Å². The zero-order valence-electron chi connectivity index (χ0n) is 14.2. The van der Waals surface area contributed by atoms with Gasteiger partial charge in [0.2, 0.25) is 5.95 Å². The second-order valence-electron chi connectivity index (χ2n) is 5.76. The number of imidazole rings is 1. The lowest BCUT2D eigenvalue weighted by molar-refractivity contribution is 0.310. The first-order valence-corrected chi connectivity index (χ1v) is 7.80. The second-order valence-corrected chi connectivity index (χ2v) is 5.76. The molecule has 0 saturated carbocycles. The smallest absolute Gasteiger partial charge is 0.332 e. The molecule has 10 heteroatoms. The van der Waals surface area contributed by atoms with Crippen LogP contribution in [0.2, 0.25) is 0 Å². The zero-order chi connectivity index (χ0) is 19.0. The molecule has 3 aromatic rings. The average molecular weight is 365 g/mol. The van der Waals surface area contributed by atoms with Crippen LogP contribution in [0, 0.1) is 11.6 Å². The second kappa shape index (κ2) is 6.71. The van der Waals surface area contributed by atoms with Gasteiger partial charge in [-0.05, 0) is 6.07 Å². The van der Waals surface area contributed by atoms with Crippen molar-refractivity contribution in [1.82, 2.24) is 18.7 Å². The number of benzene rings is 1. The van der Waals surface area contributed by atoms with Crippen LogP contribution in [0.25, 0.3) is 11.2 Å². The molecule has 2 heterocycles. The highest BCUT2D eigenvalue weighted by molar-refractivity contribution is 5.74. The predicted octanol–water partition coefficient (Wildman–Crippen LogP) is 0.164. The van der Waals surface area contributed by atoms with E-state index in [0.717, 1.165) is 10.6 Å². The maximum atomic E-state index is 14.1. The quantitative estimate of drug-likeness (QED) is 0.672. The molecule has 2 aromatic heterocycles. The fourth-order valence-corrected chi connectivity index (χ4v) is 2.74. The van der Waals surface area contributed by atoms with E-state index in [4.69, 9.17) is 5.11 Å². The van der Waals surface area contributed by atoms with Crippen molar-refractivity contribution >= 4 is 17.1 Å². The lowest BCUT2D eigenvalue weighted by Gasteiger charge is -2.11. The Morgan fingerprint density at radius 2 is 1.92 bits per heavy atom. The number of rotatable bonds is 5. The standard InChI is InChI=1S/C16H17F2N5O3/c1-21-13-12(14(25)22(2)16(21)26)23(15(20-13)19-6-7-24)8-9-4-3-5-10(17)11(9)18/h3-5,24H,6-8H2,1-2H3,(H,19,20). The Labute approximate surface area is 145 Å². The van der Waals surface area contributed by atoms with Crippen LogP contribution in [0.15, 0.2) is 27.8 Å². The van der Waals surface area contributed by atoms with Gasteiger partial charge in [-0.3, -0.25) is 18.5 Å². The molecule has 138 valence electrons. The van der Waals surface area contributed by atoms with Crippen molar-refractivity contribution in [1.29, 1.82) is 0 Å². The highest BCUT2D eigenvalue weighted by Crippen LogP contribution is 2.20. The normalized spacial score (nSPS) is 11.3. The van der Waals surface area contributed by atoms with E-state index in [1.807, 2.05) is 0 Å². The van der Waals surface area contributed by atoms with Crippen molar-refractivity contribution < 1.29 is 13.9 Å². The summed E-state index contributed by atoms with van der Waals surface area (Å²) in [6.07, 6.45) is 0. The summed E-state index contributed by atoms with van der Waals surface area (Å²) in [5, 5.41) is 11.9. The van der Waals surface area contributed by atoms with E-state index in [1.165, 1.54) is 35.4 Å². The van der Waals surface area contributed by atoms with E-state index in [2.05, 4.69) is 10.3 Å². The molecule has 2 N–H and O–H groups in total. The van der Waals surface area contributed by atoms with Crippen molar-refractivity contribution in [2.24, 2.45) is 14.1 Å². The van der Waals surface area contributed by atoms with Gasteiger partial charge >= 0.3 is 5.69 Å². The van der Waals surface area contributed by atoms with Crippen LogP contribution in [0.4, 0.5) is 14.7 Å².